The van der Waals surface area contributed by atoms with E-state index in [0.717, 1.165) is 30.2 Å². The zero-order valence-electron chi connectivity index (χ0n) is 18.5. The number of rotatable bonds is 6. The normalized spacial score (nSPS) is 18.4. The van der Waals surface area contributed by atoms with Crippen LogP contribution in [0.25, 0.3) is 10.9 Å². The molecule has 1 unspecified atom stereocenters. The fourth-order valence-electron chi connectivity index (χ4n) is 3.27. The minimum absolute atomic E-state index is 0. The number of carbonyl (C=O) groups excluding carboxylic acids is 1. The van der Waals surface area contributed by atoms with Crippen LogP contribution in [0.2, 0.25) is 0 Å². The van der Waals surface area contributed by atoms with Gasteiger partial charge in [0.05, 0.1) is 22.8 Å². The van der Waals surface area contributed by atoms with Crippen molar-refractivity contribution in [3.8, 4) is 23.7 Å². The Balaban J connectivity index is 0.00000408. The van der Waals surface area contributed by atoms with Gasteiger partial charge in [0, 0.05) is 18.7 Å². The number of aromatic nitrogens is 2. The lowest BCUT2D eigenvalue weighted by Crippen LogP contribution is -2.50. The lowest BCUT2D eigenvalue weighted by atomic mass is 10.1. The topological polar surface area (TPSA) is 144 Å². The van der Waals surface area contributed by atoms with Gasteiger partial charge in [-0.1, -0.05) is 5.92 Å². The van der Waals surface area contributed by atoms with Gasteiger partial charge in [-0.15, -0.1) is 12.4 Å². The minimum atomic E-state index is -3.93. The number of amides is 1. The van der Waals surface area contributed by atoms with Gasteiger partial charge >= 0.3 is 0 Å². The Morgan fingerprint density at radius 1 is 1.41 bits per heavy atom. The van der Waals surface area contributed by atoms with Crippen LogP contribution in [0.1, 0.15) is 25.3 Å². The van der Waals surface area contributed by atoms with Gasteiger partial charge in [0.2, 0.25) is 0 Å². The second kappa shape index (κ2) is 10.5. The first-order chi connectivity index (χ1) is 15.5. The van der Waals surface area contributed by atoms with E-state index in [4.69, 9.17) is 10.9 Å². The number of aryl methyl sites for hydroxylation is 1. The molecular formula is C22H24ClFN4O5S. The number of hydrogen-bond donors (Lipinski definition) is 3. The van der Waals surface area contributed by atoms with Gasteiger partial charge in [0.1, 0.15) is 5.82 Å². The van der Waals surface area contributed by atoms with Crippen molar-refractivity contribution in [2.24, 2.45) is 17.6 Å². The van der Waals surface area contributed by atoms with Gasteiger partial charge in [-0.3, -0.25) is 19.4 Å². The standard InChI is InChI=1S/C22H23FN4O5S.ClH/c1-22(21(29)26-30,33(2,31)32)7-8-27-13-25-19-10-15(18(23)11-17(19)20(27)28)6-4-3-5-14-9-16(14)12-24;/h10-11,13-14,16,30H,7-9,12,24H2,1-2H3,(H,26,29);1H/t14-,16+,22?;/m1./s1. The number of sulfone groups is 1. The molecule has 2 aromatic rings. The molecule has 4 N–H and O–H groups in total. The third-order valence-corrected chi connectivity index (χ3v) is 7.91. The Morgan fingerprint density at radius 2 is 2.12 bits per heavy atom. The molecule has 0 radical (unpaired) electrons. The van der Waals surface area contributed by atoms with Crippen LogP contribution in [-0.2, 0) is 21.2 Å². The van der Waals surface area contributed by atoms with Crippen LogP contribution in [0.5, 0.6) is 0 Å². The number of nitrogens with zero attached hydrogens (tertiary/aromatic N) is 2. The van der Waals surface area contributed by atoms with Gasteiger partial charge in [0.25, 0.3) is 11.5 Å². The highest BCUT2D eigenvalue weighted by molar-refractivity contribution is 7.92. The first-order valence-corrected chi connectivity index (χ1v) is 12.0. The molecule has 182 valence electrons. The maximum Gasteiger partial charge on any atom is 0.264 e. The molecule has 1 saturated carbocycles. The summed E-state index contributed by atoms with van der Waals surface area (Å²) in [5.74, 6) is 9.67. The van der Waals surface area contributed by atoms with Crippen LogP contribution in [0.3, 0.4) is 0 Å². The molecule has 1 aromatic carbocycles. The van der Waals surface area contributed by atoms with Crippen LogP contribution in [0.15, 0.2) is 23.3 Å². The molecule has 1 heterocycles. The Bertz CT molecular complexity index is 1400. The number of carbonyl (C=O) groups is 1. The average molecular weight is 511 g/mol. The Kier molecular flexibility index (Phi) is 8.45. The SMILES string of the molecule is CC(CCn1cnc2cc(C#CC#C[C@@H]3C[C@H]3CN)c(F)cc2c1=O)(C(=O)NO)S(C)(=O)=O.Cl. The smallest absolute Gasteiger partial charge is 0.264 e. The molecule has 0 aliphatic heterocycles. The highest BCUT2D eigenvalue weighted by Gasteiger charge is 2.43. The van der Waals surface area contributed by atoms with Crippen LogP contribution in [0, 0.1) is 41.3 Å². The number of nitrogens with one attached hydrogen (secondary N) is 1. The van der Waals surface area contributed by atoms with Crippen molar-refractivity contribution in [3.63, 3.8) is 0 Å². The summed E-state index contributed by atoms with van der Waals surface area (Å²) in [6.07, 6.45) is 2.66. The van der Waals surface area contributed by atoms with Crippen LogP contribution in [0.4, 0.5) is 4.39 Å². The van der Waals surface area contributed by atoms with Crippen molar-refractivity contribution in [3.05, 3.63) is 40.2 Å². The number of fused-ring (bicyclic) bond motifs is 1. The molecule has 34 heavy (non-hydrogen) atoms. The van der Waals surface area contributed by atoms with E-state index in [9.17, 15) is 22.4 Å². The second-order valence-electron chi connectivity index (χ2n) is 8.14. The number of benzene rings is 1. The minimum Gasteiger partial charge on any atom is -0.330 e. The number of hydroxylamine groups is 1. The average Bonchev–Trinajstić information content (AvgIpc) is 3.54. The van der Waals surface area contributed by atoms with E-state index >= 15 is 0 Å². The third-order valence-electron chi connectivity index (χ3n) is 5.89. The lowest BCUT2D eigenvalue weighted by Gasteiger charge is -2.25. The summed E-state index contributed by atoms with van der Waals surface area (Å²) in [6.45, 7) is 1.51. The van der Waals surface area contributed by atoms with E-state index in [1.165, 1.54) is 17.9 Å². The number of nitrogens with two attached hydrogens (primary N) is 1. The Morgan fingerprint density at radius 3 is 2.71 bits per heavy atom. The van der Waals surface area contributed by atoms with Gasteiger partial charge in [-0.25, -0.2) is 23.3 Å². The number of hydrogen-bond acceptors (Lipinski definition) is 7. The Labute approximate surface area is 202 Å². The summed E-state index contributed by atoms with van der Waals surface area (Å²) in [5.41, 5.74) is 6.53. The maximum atomic E-state index is 14.5. The largest absolute Gasteiger partial charge is 0.330 e. The molecule has 1 aliphatic carbocycles. The van der Waals surface area contributed by atoms with E-state index in [-0.39, 0.29) is 47.8 Å². The van der Waals surface area contributed by atoms with Gasteiger partial charge in [-0.05, 0) is 62.1 Å². The molecule has 1 aromatic heterocycles. The first kappa shape index (κ1) is 27.3. The molecule has 1 amide bonds. The fraction of sp³-hybridized carbons (Fsp3) is 0.409. The quantitative estimate of drug-likeness (QED) is 0.293. The van der Waals surface area contributed by atoms with E-state index in [0.29, 0.717) is 12.5 Å². The van der Waals surface area contributed by atoms with Crippen LogP contribution in [-0.4, -0.2) is 46.6 Å². The summed E-state index contributed by atoms with van der Waals surface area (Å²) in [5, 5.41) is 8.88. The molecule has 0 saturated heterocycles. The predicted octanol–water partition coefficient (Wildman–Crippen LogP) is 0.606. The molecule has 1 fully saturated rings. The molecule has 9 nitrogen and oxygen atoms in total. The highest BCUT2D eigenvalue weighted by atomic mass is 35.5. The van der Waals surface area contributed by atoms with Crippen molar-refractivity contribution < 1.29 is 22.8 Å². The molecule has 3 rings (SSSR count). The van der Waals surface area contributed by atoms with E-state index in [1.807, 2.05) is 0 Å². The summed E-state index contributed by atoms with van der Waals surface area (Å²) in [6, 6.07) is 2.35. The summed E-state index contributed by atoms with van der Waals surface area (Å²) in [7, 11) is -3.93. The van der Waals surface area contributed by atoms with Crippen molar-refractivity contribution in [1.29, 1.82) is 0 Å². The van der Waals surface area contributed by atoms with E-state index in [2.05, 4.69) is 28.7 Å². The van der Waals surface area contributed by atoms with Crippen LogP contribution >= 0.6 is 12.4 Å². The zero-order valence-corrected chi connectivity index (χ0v) is 20.1. The summed E-state index contributed by atoms with van der Waals surface area (Å²) < 4.78 is 37.8. The lowest BCUT2D eigenvalue weighted by molar-refractivity contribution is -0.131. The molecule has 1 aliphatic rings. The number of halogens is 2. The first-order valence-electron chi connectivity index (χ1n) is 10.1. The predicted molar refractivity (Wildman–Crippen MR) is 126 cm³/mol. The summed E-state index contributed by atoms with van der Waals surface area (Å²) >= 11 is 0. The monoisotopic (exact) mass is 510 g/mol. The second-order valence-corrected chi connectivity index (χ2v) is 10.6. The molecule has 0 bridgehead atoms. The zero-order chi connectivity index (χ0) is 24.4. The maximum absolute atomic E-state index is 14.5. The third kappa shape index (κ3) is 5.57. The van der Waals surface area contributed by atoms with Crippen LogP contribution < -0.4 is 16.8 Å². The molecule has 3 atom stereocenters. The van der Waals surface area contributed by atoms with Gasteiger partial charge < -0.3 is 5.73 Å². The highest BCUT2D eigenvalue weighted by Crippen LogP contribution is 2.36. The van der Waals surface area contributed by atoms with Crippen molar-refractivity contribution in [2.45, 2.75) is 31.1 Å². The van der Waals surface area contributed by atoms with Gasteiger partial charge in [-0.2, -0.15) is 0 Å². The van der Waals surface area contributed by atoms with Crippen molar-refractivity contribution in [2.75, 3.05) is 12.8 Å². The van der Waals surface area contributed by atoms with E-state index < -0.39 is 31.9 Å². The van der Waals surface area contributed by atoms with Crippen molar-refractivity contribution in [1.82, 2.24) is 15.0 Å². The van der Waals surface area contributed by atoms with E-state index in [1.54, 1.807) is 0 Å². The van der Waals surface area contributed by atoms with Crippen molar-refractivity contribution >= 4 is 39.1 Å². The Hall–Kier alpha value is -2.96. The summed E-state index contributed by atoms with van der Waals surface area (Å²) in [4.78, 5) is 28.9. The fourth-order valence-corrected chi connectivity index (χ4v) is 4.11. The van der Waals surface area contributed by atoms with Gasteiger partial charge in [0.15, 0.2) is 14.6 Å². The molecular weight excluding hydrogens is 487 g/mol. The molecule has 12 heteroatoms. The molecule has 0 spiro atoms.